The van der Waals surface area contributed by atoms with Crippen LogP contribution in [0.1, 0.15) is 11.1 Å². The Morgan fingerprint density at radius 3 is 2.20 bits per heavy atom. The molecule has 1 aromatic heterocycles. The summed E-state index contributed by atoms with van der Waals surface area (Å²) in [6.07, 6.45) is -9.40. The summed E-state index contributed by atoms with van der Waals surface area (Å²) >= 11 is 0. The maximum Gasteiger partial charge on any atom is 0.573 e. The summed E-state index contributed by atoms with van der Waals surface area (Å²) in [5.74, 6) is -0.480. The van der Waals surface area contributed by atoms with Crippen molar-refractivity contribution in [2.75, 3.05) is 10.6 Å². The van der Waals surface area contributed by atoms with Gasteiger partial charge in [0.05, 0.1) is 23.3 Å². The first-order chi connectivity index (χ1) is 16.5. The number of fused-ring (bicyclic) bond motifs is 1. The first kappa shape index (κ1) is 23.9. The van der Waals surface area contributed by atoms with E-state index in [4.69, 9.17) is 0 Å². The molecule has 0 aliphatic rings. The van der Waals surface area contributed by atoms with Crippen molar-refractivity contribution >= 4 is 28.4 Å². The summed E-state index contributed by atoms with van der Waals surface area (Å²) in [4.78, 5) is 12.5. The lowest BCUT2D eigenvalue weighted by Crippen LogP contribution is -2.22. The third kappa shape index (κ3) is 5.83. The van der Waals surface area contributed by atoms with Gasteiger partial charge in [0.2, 0.25) is 0 Å². The number of anilines is 2. The summed E-state index contributed by atoms with van der Waals surface area (Å²) < 4.78 is 81.7. The zero-order valence-electron chi connectivity index (χ0n) is 17.6. The van der Waals surface area contributed by atoms with E-state index in [2.05, 4.69) is 20.5 Å². The Hall–Kier alpha value is -4.22. The van der Waals surface area contributed by atoms with Gasteiger partial charge in [0, 0.05) is 5.39 Å². The molecule has 1 heterocycles. The van der Waals surface area contributed by atoms with Gasteiger partial charge < -0.3 is 10.1 Å². The Bertz CT molecular complexity index is 1350. The number of carbonyl (C=O) groups excluding carboxylic acids is 1. The molecular weight excluding hydrogens is 478 g/mol. The van der Waals surface area contributed by atoms with Gasteiger partial charge in [0.1, 0.15) is 0 Å². The molecule has 0 fully saturated rings. The number of hydrogen-bond donors (Lipinski definition) is 2. The smallest absolute Gasteiger partial charge is 0.404 e. The standard InChI is InChI=1S/C23H16F6N4O2/c24-22(25,26)15-11-9-14(10-12-15)13-33-18-7-3-1-5-16(18)20(32-33)31-21(34)30-17-6-2-4-8-19(17)35-23(27,28)29/h1-12H,13H2,(H2,30,31,32,34). The molecule has 0 spiro atoms. The number of ether oxygens (including phenoxy) is 1. The van der Waals surface area contributed by atoms with E-state index in [0.717, 1.165) is 18.2 Å². The molecule has 12 heteroatoms. The van der Waals surface area contributed by atoms with E-state index in [0.29, 0.717) is 16.5 Å². The topological polar surface area (TPSA) is 68.2 Å². The van der Waals surface area contributed by atoms with Gasteiger partial charge in [-0.1, -0.05) is 36.4 Å². The Labute approximate surface area is 194 Å². The third-order valence-corrected chi connectivity index (χ3v) is 4.86. The van der Waals surface area contributed by atoms with E-state index in [9.17, 15) is 31.1 Å². The molecule has 6 nitrogen and oxygen atoms in total. The fourth-order valence-electron chi connectivity index (χ4n) is 3.36. The van der Waals surface area contributed by atoms with Crippen LogP contribution in [0.15, 0.2) is 72.8 Å². The Kier molecular flexibility index (Phi) is 6.29. The third-order valence-electron chi connectivity index (χ3n) is 4.86. The Morgan fingerprint density at radius 1 is 0.857 bits per heavy atom. The first-order valence-corrected chi connectivity index (χ1v) is 10.0. The maximum atomic E-state index is 12.8. The quantitative estimate of drug-likeness (QED) is 0.306. The number of rotatable bonds is 5. The van der Waals surface area contributed by atoms with E-state index >= 15 is 0 Å². The van der Waals surface area contributed by atoms with Crippen molar-refractivity contribution in [2.24, 2.45) is 0 Å². The number of halogens is 6. The number of alkyl halides is 6. The van der Waals surface area contributed by atoms with Gasteiger partial charge in [-0.3, -0.25) is 10.00 Å². The highest BCUT2D eigenvalue weighted by Crippen LogP contribution is 2.31. The van der Waals surface area contributed by atoms with Gasteiger partial charge in [-0.2, -0.15) is 18.3 Å². The van der Waals surface area contributed by atoms with Crippen molar-refractivity contribution in [3.05, 3.63) is 83.9 Å². The SMILES string of the molecule is O=C(Nc1ccccc1OC(F)(F)F)Nc1nn(Cc2ccc(C(F)(F)F)cc2)c2ccccc12. The molecule has 0 atom stereocenters. The molecule has 2 N–H and O–H groups in total. The predicted molar refractivity (Wildman–Crippen MR) is 116 cm³/mol. The molecule has 35 heavy (non-hydrogen) atoms. The van der Waals surface area contributed by atoms with E-state index in [-0.39, 0.29) is 18.1 Å². The average Bonchev–Trinajstić information content (AvgIpc) is 3.11. The Morgan fingerprint density at radius 2 is 1.51 bits per heavy atom. The number of hydrogen-bond acceptors (Lipinski definition) is 3. The fourth-order valence-corrected chi connectivity index (χ4v) is 3.36. The summed E-state index contributed by atoms with van der Waals surface area (Å²) in [5.41, 5.74) is 0.139. The minimum atomic E-state index is -4.94. The van der Waals surface area contributed by atoms with Crippen LogP contribution in [0.4, 0.5) is 42.6 Å². The van der Waals surface area contributed by atoms with E-state index in [1.807, 2.05) is 0 Å². The molecule has 3 aromatic carbocycles. The highest BCUT2D eigenvalue weighted by Gasteiger charge is 2.32. The van der Waals surface area contributed by atoms with Crippen LogP contribution in [0.5, 0.6) is 5.75 Å². The van der Waals surface area contributed by atoms with E-state index in [1.165, 1.54) is 35.0 Å². The minimum absolute atomic E-state index is 0.110. The highest BCUT2D eigenvalue weighted by atomic mass is 19.4. The predicted octanol–water partition coefficient (Wildman–Crippen LogP) is 6.65. The molecule has 0 saturated carbocycles. The molecule has 0 aliphatic carbocycles. The van der Waals surface area contributed by atoms with Crippen LogP contribution >= 0.6 is 0 Å². The zero-order valence-corrected chi connectivity index (χ0v) is 17.6. The maximum absolute atomic E-state index is 12.8. The molecule has 0 bridgehead atoms. The number of urea groups is 1. The van der Waals surface area contributed by atoms with Crippen molar-refractivity contribution in [1.29, 1.82) is 0 Å². The number of para-hydroxylation sites is 3. The normalized spacial score (nSPS) is 11.9. The lowest BCUT2D eigenvalue weighted by molar-refractivity contribution is -0.274. The van der Waals surface area contributed by atoms with Crippen molar-refractivity contribution in [3.8, 4) is 5.75 Å². The molecule has 4 aromatic rings. The fraction of sp³-hybridized carbons (Fsp3) is 0.130. The molecule has 2 amide bonds. The average molecular weight is 494 g/mol. The van der Waals surface area contributed by atoms with Gasteiger partial charge >= 0.3 is 18.6 Å². The number of nitrogens with one attached hydrogen (secondary N) is 2. The Balaban J connectivity index is 1.55. The lowest BCUT2D eigenvalue weighted by Gasteiger charge is -2.13. The number of amides is 2. The summed E-state index contributed by atoms with van der Waals surface area (Å²) in [5, 5.41) is 9.64. The van der Waals surface area contributed by atoms with Crippen LogP contribution in [-0.4, -0.2) is 22.2 Å². The number of aromatic nitrogens is 2. The summed E-state index contributed by atoms with van der Waals surface area (Å²) in [6, 6.07) is 15.6. The van der Waals surface area contributed by atoms with Gasteiger partial charge in [-0.25, -0.2) is 4.79 Å². The zero-order chi connectivity index (χ0) is 25.2. The first-order valence-electron chi connectivity index (χ1n) is 10.0. The molecule has 182 valence electrons. The van der Waals surface area contributed by atoms with Gasteiger partial charge in [0.15, 0.2) is 11.6 Å². The van der Waals surface area contributed by atoms with Crippen LogP contribution in [0.2, 0.25) is 0 Å². The minimum Gasteiger partial charge on any atom is -0.404 e. The van der Waals surface area contributed by atoms with Crippen LogP contribution in [0, 0.1) is 0 Å². The molecule has 4 rings (SSSR count). The molecule has 0 aliphatic heterocycles. The largest absolute Gasteiger partial charge is 0.573 e. The van der Waals surface area contributed by atoms with Gasteiger partial charge in [-0.15, -0.1) is 13.2 Å². The van der Waals surface area contributed by atoms with Crippen molar-refractivity contribution in [3.63, 3.8) is 0 Å². The van der Waals surface area contributed by atoms with Gasteiger partial charge in [0.25, 0.3) is 0 Å². The second-order valence-electron chi connectivity index (χ2n) is 7.34. The van der Waals surface area contributed by atoms with Crippen molar-refractivity contribution in [2.45, 2.75) is 19.1 Å². The summed E-state index contributed by atoms with van der Waals surface area (Å²) in [7, 11) is 0. The second kappa shape index (κ2) is 9.20. The second-order valence-corrected chi connectivity index (χ2v) is 7.34. The van der Waals surface area contributed by atoms with Crippen LogP contribution < -0.4 is 15.4 Å². The highest BCUT2D eigenvalue weighted by molar-refractivity contribution is 6.05. The van der Waals surface area contributed by atoms with E-state index in [1.54, 1.807) is 24.3 Å². The molecule has 0 radical (unpaired) electrons. The monoisotopic (exact) mass is 494 g/mol. The van der Waals surface area contributed by atoms with Crippen LogP contribution in [0.3, 0.4) is 0 Å². The summed E-state index contributed by atoms with van der Waals surface area (Å²) in [6.45, 7) is 0.115. The molecular formula is C23H16F6N4O2. The van der Waals surface area contributed by atoms with Gasteiger partial charge in [-0.05, 0) is 42.0 Å². The molecule has 0 saturated heterocycles. The van der Waals surface area contributed by atoms with Crippen molar-refractivity contribution in [1.82, 2.24) is 9.78 Å². The number of benzene rings is 3. The van der Waals surface area contributed by atoms with Crippen LogP contribution in [0.25, 0.3) is 10.9 Å². The van der Waals surface area contributed by atoms with E-state index < -0.39 is 29.9 Å². The lowest BCUT2D eigenvalue weighted by atomic mass is 10.1. The number of carbonyl (C=O) groups is 1. The van der Waals surface area contributed by atoms with Crippen LogP contribution in [-0.2, 0) is 12.7 Å². The van der Waals surface area contributed by atoms with Crippen molar-refractivity contribution < 1.29 is 35.9 Å². The molecule has 0 unspecified atom stereocenters. The number of nitrogens with zero attached hydrogens (tertiary/aromatic N) is 2.